The van der Waals surface area contributed by atoms with Crippen LogP contribution in [-0.2, 0) is 22.6 Å². The minimum absolute atomic E-state index is 0.216. The first-order chi connectivity index (χ1) is 13.3. The van der Waals surface area contributed by atoms with E-state index in [4.69, 9.17) is 4.74 Å². The maximum Gasteiger partial charge on any atom is 0.227 e. The number of nitrogens with zero attached hydrogens (tertiary/aromatic N) is 1. The predicted molar refractivity (Wildman–Crippen MR) is 108 cm³/mol. The quantitative estimate of drug-likeness (QED) is 0.667. The number of rotatable bonds is 5. The van der Waals surface area contributed by atoms with Gasteiger partial charge in [-0.05, 0) is 34.7 Å². The molecule has 1 amide bonds. The fourth-order valence-electron chi connectivity index (χ4n) is 3.78. The summed E-state index contributed by atoms with van der Waals surface area (Å²) >= 11 is 0. The van der Waals surface area contributed by atoms with Crippen LogP contribution in [0.5, 0.6) is 0 Å². The predicted octanol–water partition coefficient (Wildman–Crippen LogP) is 4.59. The van der Waals surface area contributed by atoms with Gasteiger partial charge in [0, 0.05) is 13.1 Å². The number of hydrogen-bond donors (Lipinski definition) is 0. The first-order valence-electron chi connectivity index (χ1n) is 9.69. The first kappa shape index (κ1) is 17.7. The number of ether oxygens (including phenoxy) is 1. The number of hydrogen-bond acceptors (Lipinski definition) is 2. The third-order valence-electron chi connectivity index (χ3n) is 5.34. The molecule has 0 atom stereocenters. The molecule has 3 nitrogen and oxygen atoms in total. The van der Waals surface area contributed by atoms with Crippen LogP contribution >= 0.6 is 0 Å². The molecule has 3 aromatic carbocycles. The molecule has 0 radical (unpaired) electrons. The summed E-state index contributed by atoms with van der Waals surface area (Å²) in [6.45, 7) is 2.21. The normalized spacial score (nSPS) is 15.2. The van der Waals surface area contributed by atoms with Crippen LogP contribution in [0.3, 0.4) is 0 Å². The topological polar surface area (TPSA) is 29.5 Å². The van der Waals surface area contributed by atoms with Crippen LogP contribution in [0.2, 0.25) is 0 Å². The van der Waals surface area contributed by atoms with Gasteiger partial charge in [0.1, 0.15) is 0 Å². The van der Waals surface area contributed by atoms with Gasteiger partial charge in [-0.15, -0.1) is 0 Å². The molecule has 27 heavy (non-hydrogen) atoms. The van der Waals surface area contributed by atoms with E-state index >= 15 is 0 Å². The zero-order valence-corrected chi connectivity index (χ0v) is 15.5. The lowest BCUT2D eigenvalue weighted by molar-refractivity contribution is -0.133. The summed E-state index contributed by atoms with van der Waals surface area (Å²) in [6.07, 6.45) is 2.53. The van der Waals surface area contributed by atoms with Gasteiger partial charge in [0.15, 0.2) is 0 Å². The van der Waals surface area contributed by atoms with Crippen LogP contribution in [0, 0.1) is 0 Å². The third kappa shape index (κ3) is 4.37. The molecule has 0 spiro atoms. The summed E-state index contributed by atoms with van der Waals surface area (Å²) < 4.78 is 6.04. The van der Waals surface area contributed by atoms with E-state index in [1.807, 2.05) is 41.3 Å². The van der Waals surface area contributed by atoms with Gasteiger partial charge in [-0.1, -0.05) is 72.8 Å². The molecule has 138 valence electrons. The number of likely N-dealkylation sites (tertiary alicyclic amines) is 1. The van der Waals surface area contributed by atoms with E-state index < -0.39 is 0 Å². The second-order valence-electron chi connectivity index (χ2n) is 7.19. The van der Waals surface area contributed by atoms with Crippen LogP contribution in [0.25, 0.3) is 10.8 Å². The molecular formula is C24H25NO2. The lowest BCUT2D eigenvalue weighted by Crippen LogP contribution is -2.41. The number of benzene rings is 3. The molecular weight excluding hydrogens is 334 g/mol. The van der Waals surface area contributed by atoms with Crippen molar-refractivity contribution in [2.24, 2.45) is 0 Å². The molecule has 4 rings (SSSR count). The van der Waals surface area contributed by atoms with Crippen LogP contribution in [-0.4, -0.2) is 30.0 Å². The second kappa shape index (κ2) is 8.36. The molecule has 0 saturated carbocycles. The number of amides is 1. The van der Waals surface area contributed by atoms with Crippen molar-refractivity contribution >= 4 is 16.7 Å². The molecule has 0 bridgehead atoms. The fraction of sp³-hybridized carbons (Fsp3) is 0.292. The summed E-state index contributed by atoms with van der Waals surface area (Å²) in [4.78, 5) is 14.8. The van der Waals surface area contributed by atoms with Crippen molar-refractivity contribution in [1.29, 1.82) is 0 Å². The maximum atomic E-state index is 12.8. The minimum Gasteiger partial charge on any atom is -0.373 e. The van der Waals surface area contributed by atoms with Crippen molar-refractivity contribution in [3.05, 3.63) is 83.9 Å². The molecule has 0 aromatic heterocycles. The zero-order chi connectivity index (χ0) is 18.5. The Morgan fingerprint density at radius 3 is 2.41 bits per heavy atom. The van der Waals surface area contributed by atoms with Gasteiger partial charge in [0.25, 0.3) is 0 Å². The highest BCUT2D eigenvalue weighted by molar-refractivity contribution is 5.90. The van der Waals surface area contributed by atoms with Crippen LogP contribution in [0.1, 0.15) is 24.0 Å². The Bertz CT molecular complexity index is 893. The molecule has 0 unspecified atom stereocenters. The number of piperidine rings is 1. The Labute approximate surface area is 160 Å². The first-order valence-corrected chi connectivity index (χ1v) is 9.69. The largest absolute Gasteiger partial charge is 0.373 e. The summed E-state index contributed by atoms with van der Waals surface area (Å²) in [5.41, 5.74) is 2.31. The Kier molecular flexibility index (Phi) is 5.50. The van der Waals surface area contributed by atoms with E-state index in [1.54, 1.807) is 0 Å². The van der Waals surface area contributed by atoms with Crippen LogP contribution < -0.4 is 0 Å². The lowest BCUT2D eigenvalue weighted by atomic mass is 10.0. The number of fused-ring (bicyclic) bond motifs is 1. The maximum absolute atomic E-state index is 12.8. The highest BCUT2D eigenvalue weighted by Crippen LogP contribution is 2.21. The van der Waals surface area contributed by atoms with Gasteiger partial charge in [-0.2, -0.15) is 0 Å². The van der Waals surface area contributed by atoms with E-state index in [1.165, 1.54) is 16.3 Å². The molecule has 1 heterocycles. The zero-order valence-electron chi connectivity index (χ0n) is 15.5. The van der Waals surface area contributed by atoms with Crippen molar-refractivity contribution in [2.45, 2.75) is 32.0 Å². The van der Waals surface area contributed by atoms with Crippen molar-refractivity contribution in [2.75, 3.05) is 13.1 Å². The molecule has 1 aliphatic heterocycles. The Morgan fingerprint density at radius 2 is 1.59 bits per heavy atom. The smallest absolute Gasteiger partial charge is 0.227 e. The minimum atomic E-state index is 0.216. The van der Waals surface area contributed by atoms with E-state index in [-0.39, 0.29) is 12.0 Å². The van der Waals surface area contributed by atoms with Gasteiger partial charge in [0.2, 0.25) is 5.91 Å². The molecule has 3 aromatic rings. The van der Waals surface area contributed by atoms with Gasteiger partial charge < -0.3 is 9.64 Å². The highest BCUT2D eigenvalue weighted by Gasteiger charge is 2.23. The molecule has 0 aliphatic carbocycles. The highest BCUT2D eigenvalue weighted by atomic mass is 16.5. The monoisotopic (exact) mass is 359 g/mol. The Balaban J connectivity index is 1.31. The van der Waals surface area contributed by atoms with Crippen LogP contribution in [0.4, 0.5) is 0 Å². The third-order valence-corrected chi connectivity index (χ3v) is 5.34. The van der Waals surface area contributed by atoms with Gasteiger partial charge >= 0.3 is 0 Å². The average molecular weight is 359 g/mol. The summed E-state index contributed by atoms with van der Waals surface area (Å²) in [5.74, 6) is 0.216. The lowest BCUT2D eigenvalue weighted by Gasteiger charge is -2.32. The fourth-order valence-corrected chi connectivity index (χ4v) is 3.78. The van der Waals surface area contributed by atoms with E-state index in [0.717, 1.165) is 31.5 Å². The summed E-state index contributed by atoms with van der Waals surface area (Å²) in [6, 6.07) is 24.7. The average Bonchev–Trinajstić information content (AvgIpc) is 2.74. The van der Waals surface area contributed by atoms with Gasteiger partial charge in [0.05, 0.1) is 19.1 Å². The Morgan fingerprint density at radius 1 is 0.889 bits per heavy atom. The van der Waals surface area contributed by atoms with Crippen molar-refractivity contribution in [3.63, 3.8) is 0 Å². The molecule has 0 N–H and O–H groups in total. The van der Waals surface area contributed by atoms with E-state index in [9.17, 15) is 4.79 Å². The molecule has 1 aliphatic rings. The second-order valence-corrected chi connectivity index (χ2v) is 7.19. The number of carbonyl (C=O) groups is 1. The van der Waals surface area contributed by atoms with Gasteiger partial charge in [-0.3, -0.25) is 4.79 Å². The molecule has 3 heteroatoms. The molecule has 1 saturated heterocycles. The SMILES string of the molecule is O=C(Cc1cccc2ccccc12)N1CCC(OCc2ccccc2)CC1. The van der Waals surface area contributed by atoms with Crippen molar-refractivity contribution < 1.29 is 9.53 Å². The summed E-state index contributed by atoms with van der Waals surface area (Å²) in [7, 11) is 0. The number of carbonyl (C=O) groups excluding carboxylic acids is 1. The summed E-state index contributed by atoms with van der Waals surface area (Å²) in [5, 5.41) is 2.37. The van der Waals surface area contributed by atoms with E-state index in [0.29, 0.717) is 13.0 Å². The Hall–Kier alpha value is -2.65. The van der Waals surface area contributed by atoms with Gasteiger partial charge in [-0.25, -0.2) is 0 Å². The van der Waals surface area contributed by atoms with Crippen molar-refractivity contribution in [1.82, 2.24) is 4.90 Å². The molecule has 1 fully saturated rings. The van der Waals surface area contributed by atoms with E-state index in [2.05, 4.69) is 36.4 Å². The van der Waals surface area contributed by atoms with Crippen molar-refractivity contribution in [3.8, 4) is 0 Å². The standard InChI is InChI=1S/C24H25NO2/c26-24(17-21-11-6-10-20-9-4-5-12-23(20)21)25-15-13-22(14-16-25)27-18-19-7-2-1-3-8-19/h1-12,22H,13-18H2. The van der Waals surface area contributed by atoms with Crippen LogP contribution in [0.15, 0.2) is 72.8 Å².